The lowest BCUT2D eigenvalue weighted by molar-refractivity contribution is 0.104. The lowest BCUT2D eigenvalue weighted by Crippen LogP contribution is -2.07. The Hall–Kier alpha value is -2.91. The van der Waals surface area contributed by atoms with E-state index in [0.717, 1.165) is 12.3 Å². The van der Waals surface area contributed by atoms with Gasteiger partial charge in [0, 0.05) is 11.1 Å². The van der Waals surface area contributed by atoms with Crippen molar-refractivity contribution in [2.75, 3.05) is 0 Å². The van der Waals surface area contributed by atoms with Crippen LogP contribution in [0.2, 0.25) is 5.02 Å². The number of ketones is 1. The number of halogens is 1. The molecule has 0 saturated carbocycles. The Morgan fingerprint density at radius 1 is 1.24 bits per heavy atom. The molecule has 0 aliphatic carbocycles. The second-order valence-electron chi connectivity index (χ2n) is 4.80. The number of carbonyl (C=O) groups is 1. The van der Waals surface area contributed by atoms with Crippen LogP contribution in [0.4, 0.5) is 0 Å². The summed E-state index contributed by atoms with van der Waals surface area (Å²) in [7, 11) is -4.07. The number of H-pyrrole nitrogens is 1. The smallest absolute Gasteiger partial charge is 0.240 e. The molecule has 0 unspecified atom stereocenters. The fourth-order valence-electron chi connectivity index (χ4n) is 2.01. The number of aromatic nitrogens is 3. The van der Waals surface area contributed by atoms with Crippen molar-refractivity contribution in [1.82, 2.24) is 15.2 Å². The molecule has 0 amide bonds. The van der Waals surface area contributed by atoms with Crippen molar-refractivity contribution in [3.8, 4) is 0 Å². The van der Waals surface area contributed by atoms with Crippen molar-refractivity contribution in [2.45, 2.75) is 9.99 Å². The number of rotatable bonds is 5. The van der Waals surface area contributed by atoms with Gasteiger partial charge in [-0.3, -0.25) is 9.89 Å². The molecule has 10 heteroatoms. The lowest BCUT2D eigenvalue weighted by atomic mass is 10.2. The second-order valence-corrected chi connectivity index (χ2v) is 7.08. The van der Waals surface area contributed by atoms with Gasteiger partial charge in [0.15, 0.2) is 11.5 Å². The van der Waals surface area contributed by atoms with Crippen molar-refractivity contribution in [1.29, 1.82) is 0 Å². The third-order valence-corrected chi connectivity index (χ3v) is 5.12. The molecule has 2 aromatic heterocycles. The molecule has 128 valence electrons. The summed E-state index contributed by atoms with van der Waals surface area (Å²) in [5.74, 6) is -1.38. The van der Waals surface area contributed by atoms with E-state index >= 15 is 0 Å². The van der Waals surface area contributed by atoms with Crippen molar-refractivity contribution in [3.63, 3.8) is 0 Å². The maximum atomic E-state index is 12.6. The Balaban J connectivity index is 1.99. The van der Waals surface area contributed by atoms with Gasteiger partial charge >= 0.3 is 0 Å². The van der Waals surface area contributed by atoms with Gasteiger partial charge in [-0.25, -0.2) is 13.4 Å². The fourth-order valence-corrected chi connectivity index (χ4v) is 3.48. The van der Waals surface area contributed by atoms with Crippen molar-refractivity contribution in [2.24, 2.45) is 0 Å². The van der Waals surface area contributed by atoms with E-state index in [-0.39, 0.29) is 16.3 Å². The number of aromatic amines is 1. The highest BCUT2D eigenvalue weighted by Crippen LogP contribution is 2.27. The van der Waals surface area contributed by atoms with Crippen molar-refractivity contribution >= 4 is 33.0 Å². The normalized spacial score (nSPS) is 12.3. The largest absolute Gasteiger partial charge is 0.504 e. The number of carbonyl (C=O) groups excluding carboxylic acids is 1. The fraction of sp³-hybridized carbons (Fsp3) is 0. The van der Waals surface area contributed by atoms with Gasteiger partial charge in [-0.1, -0.05) is 11.6 Å². The van der Waals surface area contributed by atoms with E-state index in [1.807, 2.05) is 0 Å². The molecule has 1 aromatic carbocycles. The molecule has 0 saturated heterocycles. The molecule has 0 bridgehead atoms. The maximum Gasteiger partial charge on any atom is 0.240 e. The Bertz CT molecular complexity index is 1040. The number of hydrogen-bond donors (Lipinski definition) is 2. The molecule has 0 radical (unpaired) electrons. The van der Waals surface area contributed by atoms with Crippen LogP contribution in [0.1, 0.15) is 16.2 Å². The first-order valence-electron chi connectivity index (χ1n) is 6.79. The summed E-state index contributed by atoms with van der Waals surface area (Å²) in [6.45, 7) is 0. The summed E-state index contributed by atoms with van der Waals surface area (Å²) >= 11 is 5.75. The average Bonchev–Trinajstić information content (AvgIpc) is 3.27. The van der Waals surface area contributed by atoms with Gasteiger partial charge in [0.25, 0.3) is 0 Å². The third-order valence-electron chi connectivity index (χ3n) is 3.18. The average molecular weight is 380 g/mol. The Kier molecular flexibility index (Phi) is 4.43. The summed E-state index contributed by atoms with van der Waals surface area (Å²) in [5, 5.41) is 15.7. The molecule has 0 atom stereocenters. The molecule has 2 N–H and O–H groups in total. The second kappa shape index (κ2) is 6.54. The molecule has 3 aromatic rings. The SMILES string of the molecule is O=C(C=C(O)c1nc[nH]n1)c1ccoc1S(=O)(=O)c1ccc(Cl)cc1. The number of aliphatic hydroxyl groups is 1. The van der Waals surface area contributed by atoms with Gasteiger partial charge in [0.1, 0.15) is 6.33 Å². The van der Waals surface area contributed by atoms with E-state index in [0.29, 0.717) is 5.02 Å². The van der Waals surface area contributed by atoms with E-state index in [2.05, 4.69) is 15.2 Å². The van der Waals surface area contributed by atoms with E-state index in [9.17, 15) is 18.3 Å². The number of benzene rings is 1. The van der Waals surface area contributed by atoms with Gasteiger partial charge in [-0.15, -0.1) is 0 Å². The van der Waals surface area contributed by atoms with Crippen LogP contribution in [-0.2, 0) is 9.84 Å². The molecule has 8 nitrogen and oxygen atoms in total. The van der Waals surface area contributed by atoms with Crippen LogP contribution in [0.3, 0.4) is 0 Å². The maximum absolute atomic E-state index is 12.6. The molecule has 0 aliphatic heterocycles. The first-order chi connectivity index (χ1) is 11.9. The molecule has 0 spiro atoms. The first kappa shape index (κ1) is 16.9. The quantitative estimate of drug-likeness (QED) is 0.396. The zero-order valence-corrected chi connectivity index (χ0v) is 14.0. The third kappa shape index (κ3) is 3.32. The van der Waals surface area contributed by atoms with E-state index in [4.69, 9.17) is 16.0 Å². The van der Waals surface area contributed by atoms with Gasteiger partial charge in [0.2, 0.25) is 20.8 Å². The van der Waals surface area contributed by atoms with Gasteiger partial charge < -0.3 is 9.52 Å². The summed E-state index contributed by atoms with van der Waals surface area (Å²) in [5.41, 5.74) is -0.225. The van der Waals surface area contributed by atoms with Gasteiger partial charge in [0.05, 0.1) is 16.7 Å². The van der Waals surface area contributed by atoms with Crippen molar-refractivity contribution in [3.05, 3.63) is 65.4 Å². The monoisotopic (exact) mass is 379 g/mol. The van der Waals surface area contributed by atoms with E-state index in [1.165, 1.54) is 36.7 Å². The number of nitrogens with one attached hydrogen (secondary N) is 1. The molecule has 25 heavy (non-hydrogen) atoms. The van der Waals surface area contributed by atoms with E-state index < -0.39 is 26.5 Å². The predicted octanol–water partition coefficient (Wildman–Crippen LogP) is 2.67. The Labute approximate surface area is 146 Å². The highest BCUT2D eigenvalue weighted by atomic mass is 35.5. The number of allylic oxidation sites excluding steroid dienone is 1. The Morgan fingerprint density at radius 3 is 2.60 bits per heavy atom. The van der Waals surface area contributed by atoms with E-state index in [1.54, 1.807) is 0 Å². The van der Waals surface area contributed by atoms with Crippen LogP contribution in [0.15, 0.2) is 63.4 Å². The molecule has 0 fully saturated rings. The zero-order valence-electron chi connectivity index (χ0n) is 12.4. The summed E-state index contributed by atoms with van der Waals surface area (Å²) in [6, 6.07) is 6.62. The van der Waals surface area contributed by atoms with Crippen LogP contribution < -0.4 is 0 Å². The number of sulfone groups is 1. The lowest BCUT2D eigenvalue weighted by Gasteiger charge is -2.03. The van der Waals surface area contributed by atoms with Crippen LogP contribution in [0.5, 0.6) is 0 Å². The number of nitrogens with zero attached hydrogens (tertiary/aromatic N) is 2. The minimum Gasteiger partial charge on any atom is -0.504 e. The summed E-state index contributed by atoms with van der Waals surface area (Å²) < 4.78 is 30.3. The molecule has 0 aliphatic rings. The highest BCUT2D eigenvalue weighted by molar-refractivity contribution is 7.91. The number of aliphatic hydroxyl groups excluding tert-OH is 1. The molecular formula is C15H10ClN3O5S. The predicted molar refractivity (Wildman–Crippen MR) is 86.9 cm³/mol. The zero-order chi connectivity index (χ0) is 18.0. The molecule has 3 rings (SSSR count). The standard InChI is InChI=1S/C15H10ClN3O5S/c16-9-1-3-10(4-2-9)25(22,23)15-11(5-6-24-15)12(20)7-13(21)14-17-8-18-19-14/h1-8,21H,(H,17,18,19). The minimum atomic E-state index is -4.07. The number of hydrogen-bond acceptors (Lipinski definition) is 7. The minimum absolute atomic E-state index is 0.0805. The first-order valence-corrected chi connectivity index (χ1v) is 8.65. The topological polar surface area (TPSA) is 126 Å². The summed E-state index contributed by atoms with van der Waals surface area (Å²) in [4.78, 5) is 15.9. The summed E-state index contributed by atoms with van der Waals surface area (Å²) in [6.07, 6.45) is 3.11. The van der Waals surface area contributed by atoms with Crippen LogP contribution >= 0.6 is 11.6 Å². The van der Waals surface area contributed by atoms with Gasteiger partial charge in [-0.05, 0) is 30.3 Å². The highest BCUT2D eigenvalue weighted by Gasteiger charge is 2.28. The van der Waals surface area contributed by atoms with Crippen LogP contribution in [0.25, 0.3) is 5.76 Å². The number of furan rings is 1. The van der Waals surface area contributed by atoms with Gasteiger partial charge in [-0.2, -0.15) is 5.10 Å². The van der Waals surface area contributed by atoms with Crippen LogP contribution in [0, 0.1) is 0 Å². The van der Waals surface area contributed by atoms with Crippen LogP contribution in [-0.4, -0.2) is 34.5 Å². The Morgan fingerprint density at radius 2 is 1.96 bits per heavy atom. The van der Waals surface area contributed by atoms with Crippen molar-refractivity contribution < 1.29 is 22.7 Å². The molecular weight excluding hydrogens is 370 g/mol. The molecule has 2 heterocycles.